The van der Waals surface area contributed by atoms with E-state index in [4.69, 9.17) is 11.6 Å². The highest BCUT2D eigenvalue weighted by Crippen LogP contribution is 2.21. The minimum atomic E-state index is 0.120. The van der Waals surface area contributed by atoms with Gasteiger partial charge in [-0.2, -0.15) is 5.10 Å². The number of aromatic nitrogens is 2. The van der Waals surface area contributed by atoms with Gasteiger partial charge in [0.15, 0.2) is 5.78 Å². The zero-order valence-electron chi connectivity index (χ0n) is 10.1. The second-order valence-corrected chi connectivity index (χ2v) is 4.96. The number of nitrogens with zero attached hydrogens (tertiary/aromatic N) is 2. The van der Waals surface area contributed by atoms with Gasteiger partial charge in [0, 0.05) is 13.0 Å². The summed E-state index contributed by atoms with van der Waals surface area (Å²) in [4.78, 5) is 12.2. The van der Waals surface area contributed by atoms with Crippen LogP contribution < -0.4 is 5.32 Å². The molecule has 0 saturated carbocycles. The number of aryl methyl sites for hydroxylation is 1. The molecule has 4 nitrogen and oxygen atoms in total. The van der Waals surface area contributed by atoms with Crippen molar-refractivity contribution in [3.8, 4) is 0 Å². The fourth-order valence-corrected chi connectivity index (χ4v) is 2.52. The van der Waals surface area contributed by atoms with Crippen LogP contribution in [0.3, 0.4) is 0 Å². The van der Waals surface area contributed by atoms with E-state index in [1.165, 1.54) is 0 Å². The minimum Gasteiger partial charge on any atom is -0.316 e. The highest BCUT2D eigenvalue weighted by atomic mass is 35.5. The highest BCUT2D eigenvalue weighted by molar-refractivity contribution is 6.33. The maximum atomic E-state index is 12.2. The second kappa shape index (κ2) is 5.65. The van der Waals surface area contributed by atoms with Gasteiger partial charge in [-0.1, -0.05) is 18.5 Å². The van der Waals surface area contributed by atoms with E-state index in [-0.39, 0.29) is 5.78 Å². The molecule has 1 saturated heterocycles. The lowest BCUT2D eigenvalue weighted by atomic mass is 10.0. The lowest BCUT2D eigenvalue weighted by Crippen LogP contribution is -2.16. The lowest BCUT2D eigenvalue weighted by molar-refractivity contribution is 0.0954. The lowest BCUT2D eigenvalue weighted by Gasteiger charge is -2.09. The van der Waals surface area contributed by atoms with E-state index in [1.807, 2.05) is 0 Å². The summed E-state index contributed by atoms with van der Waals surface area (Å²) in [5, 5.41) is 7.90. The number of hydrogen-bond donors (Lipinski definition) is 1. The largest absolute Gasteiger partial charge is 0.316 e. The molecule has 0 amide bonds. The predicted octanol–water partition coefficient (Wildman–Crippen LogP) is 2.13. The molecule has 2 rings (SSSR count). The van der Waals surface area contributed by atoms with Gasteiger partial charge < -0.3 is 5.32 Å². The summed E-state index contributed by atoms with van der Waals surface area (Å²) in [6.07, 6.45) is 4.16. The van der Waals surface area contributed by atoms with E-state index in [1.54, 1.807) is 10.9 Å². The van der Waals surface area contributed by atoms with Crippen molar-refractivity contribution in [2.24, 2.45) is 5.92 Å². The van der Waals surface area contributed by atoms with Crippen LogP contribution in [0, 0.1) is 5.92 Å². The molecule has 0 spiro atoms. The minimum absolute atomic E-state index is 0.120. The molecule has 0 radical (unpaired) electrons. The van der Waals surface area contributed by atoms with Gasteiger partial charge in [0.2, 0.25) is 0 Å². The Labute approximate surface area is 106 Å². The molecule has 1 aliphatic rings. The van der Waals surface area contributed by atoms with Crippen molar-refractivity contribution in [1.29, 1.82) is 0 Å². The van der Waals surface area contributed by atoms with Crippen molar-refractivity contribution in [3.05, 3.63) is 16.9 Å². The molecule has 2 heterocycles. The van der Waals surface area contributed by atoms with Gasteiger partial charge in [-0.15, -0.1) is 0 Å². The Balaban J connectivity index is 2.09. The fourth-order valence-electron chi connectivity index (χ4n) is 2.27. The van der Waals surface area contributed by atoms with Gasteiger partial charge >= 0.3 is 0 Å². The molecule has 0 aliphatic carbocycles. The number of carbonyl (C=O) groups excluding carboxylic acids is 1. The predicted molar refractivity (Wildman–Crippen MR) is 67.5 cm³/mol. The first-order valence-corrected chi connectivity index (χ1v) is 6.55. The average molecular weight is 256 g/mol. The molecular formula is C12H18ClN3O. The number of halogens is 1. The normalized spacial score (nSPS) is 19.8. The van der Waals surface area contributed by atoms with Crippen molar-refractivity contribution in [2.45, 2.75) is 32.7 Å². The third kappa shape index (κ3) is 2.87. The summed E-state index contributed by atoms with van der Waals surface area (Å²) in [6, 6.07) is 0. The molecule has 1 aliphatic heterocycles. The van der Waals surface area contributed by atoms with Crippen LogP contribution in [0.5, 0.6) is 0 Å². The summed E-state index contributed by atoms with van der Waals surface area (Å²) in [5.41, 5.74) is 0.584. The van der Waals surface area contributed by atoms with Crippen molar-refractivity contribution >= 4 is 17.4 Å². The zero-order chi connectivity index (χ0) is 12.3. The van der Waals surface area contributed by atoms with E-state index >= 15 is 0 Å². The quantitative estimate of drug-likeness (QED) is 0.820. The van der Waals surface area contributed by atoms with Gasteiger partial charge in [-0.25, -0.2) is 0 Å². The first-order valence-electron chi connectivity index (χ1n) is 6.17. The zero-order valence-corrected chi connectivity index (χ0v) is 10.8. The molecule has 1 N–H and O–H groups in total. The van der Waals surface area contributed by atoms with E-state index in [0.717, 1.165) is 32.5 Å². The van der Waals surface area contributed by atoms with Crippen LogP contribution in [0.1, 0.15) is 36.7 Å². The van der Waals surface area contributed by atoms with Crippen molar-refractivity contribution in [3.63, 3.8) is 0 Å². The molecule has 1 fully saturated rings. The van der Waals surface area contributed by atoms with Crippen molar-refractivity contribution < 1.29 is 4.79 Å². The van der Waals surface area contributed by atoms with E-state index in [2.05, 4.69) is 17.3 Å². The first kappa shape index (κ1) is 12.6. The summed E-state index contributed by atoms with van der Waals surface area (Å²) < 4.78 is 1.73. The van der Waals surface area contributed by atoms with Crippen molar-refractivity contribution in [1.82, 2.24) is 15.1 Å². The second-order valence-electron chi connectivity index (χ2n) is 4.55. The number of rotatable bonds is 5. The fraction of sp³-hybridized carbons (Fsp3) is 0.667. The third-order valence-corrected chi connectivity index (χ3v) is 3.41. The SMILES string of the molecule is CCCn1ncc(Cl)c1C(=O)CC1CCNC1. The summed E-state index contributed by atoms with van der Waals surface area (Å²) in [6.45, 7) is 4.76. The summed E-state index contributed by atoms with van der Waals surface area (Å²) in [5.74, 6) is 0.568. The van der Waals surface area contributed by atoms with Crippen molar-refractivity contribution in [2.75, 3.05) is 13.1 Å². The van der Waals surface area contributed by atoms with Gasteiger partial charge in [0.05, 0.1) is 11.2 Å². The molecule has 1 unspecified atom stereocenters. The Morgan fingerprint density at radius 3 is 3.18 bits per heavy atom. The molecule has 17 heavy (non-hydrogen) atoms. The van der Waals surface area contributed by atoms with Crippen LogP contribution in [-0.4, -0.2) is 28.7 Å². The van der Waals surface area contributed by atoms with Crippen LogP contribution in [0.25, 0.3) is 0 Å². The maximum absolute atomic E-state index is 12.2. The maximum Gasteiger partial charge on any atom is 0.182 e. The van der Waals surface area contributed by atoms with Crippen LogP contribution in [0.15, 0.2) is 6.20 Å². The molecule has 0 bridgehead atoms. The molecule has 1 aromatic heterocycles. The Bertz CT molecular complexity index is 396. The van der Waals surface area contributed by atoms with E-state index in [9.17, 15) is 4.79 Å². The summed E-state index contributed by atoms with van der Waals surface area (Å²) in [7, 11) is 0. The molecule has 5 heteroatoms. The van der Waals surface area contributed by atoms with E-state index < -0.39 is 0 Å². The molecule has 94 valence electrons. The monoisotopic (exact) mass is 255 g/mol. The first-order chi connectivity index (χ1) is 8.22. The van der Waals surface area contributed by atoms with Gasteiger partial charge in [0.25, 0.3) is 0 Å². The Kier molecular flexibility index (Phi) is 4.18. The number of Topliss-reactive ketones (excluding diaryl/α,β-unsaturated/α-hetero) is 1. The highest BCUT2D eigenvalue weighted by Gasteiger charge is 2.23. The molecule has 1 aromatic rings. The molecule has 1 atom stereocenters. The number of hydrogen-bond acceptors (Lipinski definition) is 3. The van der Waals surface area contributed by atoms with Crippen LogP contribution in [-0.2, 0) is 6.54 Å². The standard InChI is InChI=1S/C12H18ClN3O/c1-2-5-16-12(10(13)8-15-16)11(17)6-9-3-4-14-7-9/h8-9,14H,2-7H2,1H3. The molecular weight excluding hydrogens is 238 g/mol. The van der Waals surface area contributed by atoms with Gasteiger partial charge in [-0.05, 0) is 31.8 Å². The Morgan fingerprint density at radius 2 is 2.53 bits per heavy atom. The van der Waals surface area contributed by atoms with Crippen LogP contribution >= 0.6 is 11.6 Å². The average Bonchev–Trinajstić information content (AvgIpc) is 2.89. The van der Waals surface area contributed by atoms with Crippen LogP contribution in [0.4, 0.5) is 0 Å². The third-order valence-electron chi connectivity index (χ3n) is 3.13. The number of ketones is 1. The Morgan fingerprint density at radius 1 is 1.71 bits per heavy atom. The summed E-state index contributed by atoms with van der Waals surface area (Å²) >= 11 is 6.04. The number of nitrogens with one attached hydrogen (secondary N) is 1. The smallest absolute Gasteiger partial charge is 0.182 e. The van der Waals surface area contributed by atoms with E-state index in [0.29, 0.717) is 23.1 Å². The molecule has 0 aromatic carbocycles. The Hall–Kier alpha value is -0.870. The van der Waals surface area contributed by atoms with Crippen LogP contribution in [0.2, 0.25) is 5.02 Å². The number of carbonyl (C=O) groups is 1. The topological polar surface area (TPSA) is 46.9 Å². The van der Waals surface area contributed by atoms with Gasteiger partial charge in [0.1, 0.15) is 5.69 Å². The van der Waals surface area contributed by atoms with Gasteiger partial charge in [-0.3, -0.25) is 9.48 Å².